The number of hydrogen-bond donors (Lipinski definition) is 5. The quantitative estimate of drug-likeness (QED) is 0.304. The molecule has 33 heavy (non-hydrogen) atoms. The van der Waals surface area contributed by atoms with Crippen molar-refractivity contribution in [1.82, 2.24) is 15.5 Å². The molecule has 5 rings (SSSR count). The third-order valence-electron chi connectivity index (χ3n) is 5.14. The van der Waals surface area contributed by atoms with Gasteiger partial charge in [-0.15, -0.1) is 0 Å². The monoisotopic (exact) mass is 446 g/mol. The molecular weight excluding hydrogens is 424 g/mol. The average Bonchev–Trinajstić information content (AvgIpc) is 3.15. The molecule has 1 amide bonds. The van der Waals surface area contributed by atoms with Crippen molar-refractivity contribution in [3.63, 3.8) is 0 Å². The largest absolute Gasteiger partial charge is 0.504 e. The zero-order valence-electron chi connectivity index (χ0n) is 17.5. The van der Waals surface area contributed by atoms with E-state index in [2.05, 4.69) is 20.8 Å². The van der Waals surface area contributed by atoms with E-state index in [0.29, 0.717) is 30.2 Å². The van der Waals surface area contributed by atoms with Gasteiger partial charge >= 0.3 is 0 Å². The standard InChI is InChI=1S/C23H20N4O3.CH2O2/c28-21-11-16(9-18-12-24-6-7-30-22(18)21)14-2-1-3-15(8-14)23(29)26-19-4-5-20-17(10-19)13-25-27-20;2-1-3/h1-5,8-11,13,24,28H,6-7,12H2,(H,25,27)(H,26,29);1H,(H,2,3). The molecule has 3 aromatic carbocycles. The van der Waals surface area contributed by atoms with Crippen molar-refractivity contribution < 1.29 is 24.5 Å². The summed E-state index contributed by atoms with van der Waals surface area (Å²) in [5.74, 6) is 0.422. The fourth-order valence-electron chi connectivity index (χ4n) is 3.65. The van der Waals surface area contributed by atoms with E-state index in [-0.39, 0.29) is 18.1 Å². The van der Waals surface area contributed by atoms with Gasteiger partial charge in [-0.1, -0.05) is 12.1 Å². The number of carbonyl (C=O) groups is 2. The fraction of sp³-hybridized carbons (Fsp3) is 0.125. The number of phenols is 1. The Labute approximate surface area is 189 Å². The maximum absolute atomic E-state index is 12.8. The summed E-state index contributed by atoms with van der Waals surface area (Å²) in [6, 6.07) is 16.6. The molecule has 2 heterocycles. The maximum atomic E-state index is 12.8. The number of phenolic OH excluding ortho intramolecular Hbond substituents is 1. The SMILES string of the molecule is O=C(Nc1ccc2[nH]ncc2c1)c1cccc(-c2cc(O)c3c(c2)CNCCO3)c1.O=CO. The first-order valence-electron chi connectivity index (χ1n) is 10.2. The number of fused-ring (bicyclic) bond motifs is 2. The summed E-state index contributed by atoms with van der Waals surface area (Å²) in [5, 5.41) is 31.3. The number of ether oxygens (including phenoxy) is 1. The number of nitrogens with one attached hydrogen (secondary N) is 3. The van der Waals surface area contributed by atoms with Gasteiger partial charge in [0.15, 0.2) is 11.5 Å². The van der Waals surface area contributed by atoms with Crippen LogP contribution in [0.15, 0.2) is 60.8 Å². The molecule has 9 nitrogen and oxygen atoms in total. The van der Waals surface area contributed by atoms with Crippen molar-refractivity contribution >= 4 is 29.0 Å². The molecule has 0 fully saturated rings. The van der Waals surface area contributed by atoms with Gasteiger partial charge in [-0.3, -0.25) is 14.7 Å². The molecule has 1 aliphatic heterocycles. The fourth-order valence-corrected chi connectivity index (χ4v) is 3.65. The summed E-state index contributed by atoms with van der Waals surface area (Å²) in [5.41, 5.74) is 4.71. The Kier molecular flexibility index (Phi) is 6.51. The highest BCUT2D eigenvalue weighted by atomic mass is 16.5. The van der Waals surface area contributed by atoms with Crippen LogP contribution in [0.3, 0.4) is 0 Å². The van der Waals surface area contributed by atoms with Crippen molar-refractivity contribution in [1.29, 1.82) is 0 Å². The number of H-pyrrole nitrogens is 1. The van der Waals surface area contributed by atoms with Gasteiger partial charge in [0.2, 0.25) is 0 Å². The highest BCUT2D eigenvalue weighted by Crippen LogP contribution is 2.36. The van der Waals surface area contributed by atoms with Crippen LogP contribution in [0.25, 0.3) is 22.0 Å². The molecular formula is C24H22N4O5. The van der Waals surface area contributed by atoms with Gasteiger partial charge in [-0.2, -0.15) is 5.10 Å². The maximum Gasteiger partial charge on any atom is 0.290 e. The summed E-state index contributed by atoms with van der Waals surface area (Å²) in [6.07, 6.45) is 1.72. The Morgan fingerprint density at radius 3 is 2.82 bits per heavy atom. The van der Waals surface area contributed by atoms with E-state index in [1.54, 1.807) is 18.3 Å². The molecule has 4 aromatic rings. The second-order valence-corrected chi connectivity index (χ2v) is 7.32. The molecule has 1 aliphatic rings. The van der Waals surface area contributed by atoms with Crippen LogP contribution in [-0.2, 0) is 11.3 Å². The van der Waals surface area contributed by atoms with E-state index in [0.717, 1.165) is 34.1 Å². The minimum atomic E-state index is -0.250. The molecule has 0 saturated carbocycles. The zero-order chi connectivity index (χ0) is 23.2. The Balaban J connectivity index is 0.000000821. The van der Waals surface area contributed by atoms with Crippen molar-refractivity contribution in [2.45, 2.75) is 6.54 Å². The lowest BCUT2D eigenvalue weighted by atomic mass is 9.99. The molecule has 0 aliphatic carbocycles. The zero-order valence-corrected chi connectivity index (χ0v) is 17.5. The number of carbonyl (C=O) groups excluding carboxylic acids is 1. The molecule has 9 heteroatoms. The third kappa shape index (κ3) is 4.94. The van der Waals surface area contributed by atoms with Gasteiger partial charge in [0.25, 0.3) is 12.4 Å². The summed E-state index contributed by atoms with van der Waals surface area (Å²) < 4.78 is 5.64. The Hall–Kier alpha value is -4.37. The Morgan fingerprint density at radius 2 is 1.97 bits per heavy atom. The number of aromatic nitrogens is 2. The number of rotatable bonds is 3. The average molecular weight is 446 g/mol. The number of amides is 1. The minimum absolute atomic E-state index is 0.106. The highest BCUT2D eigenvalue weighted by Gasteiger charge is 2.16. The number of anilines is 1. The summed E-state index contributed by atoms with van der Waals surface area (Å²) in [7, 11) is 0. The minimum Gasteiger partial charge on any atom is -0.504 e. The van der Waals surface area contributed by atoms with Crippen LogP contribution >= 0.6 is 0 Å². The van der Waals surface area contributed by atoms with Crippen molar-refractivity contribution in [3.05, 3.63) is 71.9 Å². The molecule has 0 atom stereocenters. The van der Waals surface area contributed by atoms with Crippen molar-refractivity contribution in [2.24, 2.45) is 0 Å². The van der Waals surface area contributed by atoms with Crippen LogP contribution in [0.4, 0.5) is 5.69 Å². The predicted molar refractivity (Wildman–Crippen MR) is 123 cm³/mol. The van der Waals surface area contributed by atoms with Crippen LogP contribution in [0.2, 0.25) is 0 Å². The van der Waals surface area contributed by atoms with Crippen LogP contribution in [-0.4, -0.2) is 45.9 Å². The smallest absolute Gasteiger partial charge is 0.290 e. The third-order valence-corrected chi connectivity index (χ3v) is 5.14. The lowest BCUT2D eigenvalue weighted by molar-refractivity contribution is -0.122. The number of aromatic amines is 1. The van der Waals surface area contributed by atoms with Crippen LogP contribution in [0, 0.1) is 0 Å². The van der Waals surface area contributed by atoms with Gasteiger partial charge in [0.05, 0.1) is 11.7 Å². The molecule has 0 spiro atoms. The van der Waals surface area contributed by atoms with E-state index >= 15 is 0 Å². The number of carboxylic acid groups (broad SMARTS) is 1. The normalized spacial score (nSPS) is 12.5. The van der Waals surface area contributed by atoms with Gasteiger partial charge in [0, 0.05) is 35.3 Å². The number of nitrogens with zero attached hydrogens (tertiary/aromatic N) is 1. The van der Waals surface area contributed by atoms with Gasteiger partial charge < -0.3 is 25.6 Å². The first kappa shape index (κ1) is 21.8. The summed E-state index contributed by atoms with van der Waals surface area (Å²) in [6.45, 7) is 1.61. The Morgan fingerprint density at radius 1 is 1.12 bits per heavy atom. The van der Waals surface area contributed by atoms with E-state index in [4.69, 9.17) is 14.6 Å². The number of aromatic hydroxyl groups is 1. The molecule has 0 saturated heterocycles. The highest BCUT2D eigenvalue weighted by molar-refractivity contribution is 6.05. The number of benzene rings is 3. The topological polar surface area (TPSA) is 137 Å². The molecule has 0 unspecified atom stereocenters. The van der Waals surface area contributed by atoms with Crippen molar-refractivity contribution in [2.75, 3.05) is 18.5 Å². The first-order valence-corrected chi connectivity index (χ1v) is 10.2. The second kappa shape index (κ2) is 9.84. The van der Waals surface area contributed by atoms with Crippen molar-refractivity contribution in [3.8, 4) is 22.6 Å². The molecule has 168 valence electrons. The Bertz CT molecular complexity index is 1300. The van der Waals surface area contributed by atoms with Gasteiger partial charge in [-0.25, -0.2) is 0 Å². The molecule has 5 N–H and O–H groups in total. The lowest BCUT2D eigenvalue weighted by Crippen LogP contribution is -2.16. The van der Waals surface area contributed by atoms with E-state index in [1.807, 2.05) is 42.5 Å². The van der Waals surface area contributed by atoms with E-state index in [1.165, 1.54) is 0 Å². The summed E-state index contributed by atoms with van der Waals surface area (Å²) >= 11 is 0. The predicted octanol–water partition coefficient (Wildman–Crippen LogP) is 3.37. The van der Waals surface area contributed by atoms with Crippen LogP contribution < -0.4 is 15.4 Å². The molecule has 0 bridgehead atoms. The van der Waals surface area contributed by atoms with Crippen LogP contribution in [0.1, 0.15) is 15.9 Å². The van der Waals surface area contributed by atoms with E-state index < -0.39 is 0 Å². The van der Waals surface area contributed by atoms with Crippen LogP contribution in [0.5, 0.6) is 11.5 Å². The van der Waals surface area contributed by atoms with Gasteiger partial charge in [-0.05, 0) is 53.6 Å². The first-order chi connectivity index (χ1) is 16.1. The van der Waals surface area contributed by atoms with E-state index in [9.17, 15) is 9.90 Å². The lowest BCUT2D eigenvalue weighted by Gasteiger charge is -2.12. The summed E-state index contributed by atoms with van der Waals surface area (Å²) in [4.78, 5) is 21.2. The molecule has 1 aromatic heterocycles. The second-order valence-electron chi connectivity index (χ2n) is 7.32. The molecule has 0 radical (unpaired) electrons. The number of hydrogen-bond acceptors (Lipinski definition) is 6. The van der Waals surface area contributed by atoms with Gasteiger partial charge in [0.1, 0.15) is 6.61 Å².